The highest BCUT2D eigenvalue weighted by molar-refractivity contribution is 5.40. The molecule has 1 unspecified atom stereocenters. The minimum Gasteiger partial charge on any atom is -0.491 e. The molecule has 90 valence electrons. The molecule has 0 saturated heterocycles. The maximum Gasteiger partial charge on any atom is 0.125 e. The van der Waals surface area contributed by atoms with Crippen LogP contribution in [0.25, 0.3) is 0 Å². The Kier molecular flexibility index (Phi) is 5.33. The van der Waals surface area contributed by atoms with E-state index in [2.05, 4.69) is 39.0 Å². The molecular formula is C14H23NO. The molecule has 0 aliphatic heterocycles. The standard InChI is InChI=1S/C14H23NO/c1-4-7-12-9-6-8-11(3)14(12)16-10-13(15)5-2/h6,8-9,13H,4-5,7,10,15H2,1-3H3. The number of aryl methyl sites for hydroxylation is 2. The molecule has 0 saturated carbocycles. The molecule has 0 aliphatic carbocycles. The van der Waals surface area contributed by atoms with Crippen LogP contribution in [0.2, 0.25) is 0 Å². The van der Waals surface area contributed by atoms with E-state index >= 15 is 0 Å². The lowest BCUT2D eigenvalue weighted by molar-refractivity contribution is 0.281. The molecule has 16 heavy (non-hydrogen) atoms. The Morgan fingerprint density at radius 1 is 1.31 bits per heavy atom. The Morgan fingerprint density at radius 2 is 2.06 bits per heavy atom. The fourth-order valence-electron chi connectivity index (χ4n) is 1.69. The van der Waals surface area contributed by atoms with Crippen LogP contribution in [0, 0.1) is 6.92 Å². The normalized spacial score (nSPS) is 12.5. The summed E-state index contributed by atoms with van der Waals surface area (Å²) in [5.41, 5.74) is 8.37. The first-order valence-corrected chi connectivity index (χ1v) is 6.15. The first-order valence-electron chi connectivity index (χ1n) is 6.15. The summed E-state index contributed by atoms with van der Waals surface area (Å²) in [6.07, 6.45) is 3.16. The van der Waals surface area contributed by atoms with E-state index in [9.17, 15) is 0 Å². The number of nitrogens with two attached hydrogens (primary N) is 1. The van der Waals surface area contributed by atoms with E-state index in [4.69, 9.17) is 10.5 Å². The Morgan fingerprint density at radius 3 is 2.69 bits per heavy atom. The minimum absolute atomic E-state index is 0.133. The first-order chi connectivity index (χ1) is 7.69. The van der Waals surface area contributed by atoms with Gasteiger partial charge in [-0.05, 0) is 30.9 Å². The van der Waals surface area contributed by atoms with E-state index in [1.807, 2.05) is 0 Å². The van der Waals surface area contributed by atoms with Crippen molar-refractivity contribution in [1.82, 2.24) is 0 Å². The van der Waals surface area contributed by atoms with Crippen LogP contribution in [-0.2, 0) is 6.42 Å². The second-order valence-electron chi connectivity index (χ2n) is 4.29. The van der Waals surface area contributed by atoms with Crippen molar-refractivity contribution >= 4 is 0 Å². The highest BCUT2D eigenvalue weighted by Crippen LogP contribution is 2.24. The molecule has 0 fully saturated rings. The Balaban J connectivity index is 2.75. The zero-order chi connectivity index (χ0) is 12.0. The van der Waals surface area contributed by atoms with Crippen LogP contribution >= 0.6 is 0 Å². The van der Waals surface area contributed by atoms with Crippen LogP contribution in [0.15, 0.2) is 18.2 Å². The molecule has 1 atom stereocenters. The molecule has 0 heterocycles. The molecule has 0 bridgehead atoms. The van der Waals surface area contributed by atoms with Gasteiger partial charge >= 0.3 is 0 Å². The maximum atomic E-state index is 5.87. The van der Waals surface area contributed by atoms with Crippen molar-refractivity contribution in [3.05, 3.63) is 29.3 Å². The molecule has 1 aromatic carbocycles. The van der Waals surface area contributed by atoms with Crippen LogP contribution in [-0.4, -0.2) is 12.6 Å². The van der Waals surface area contributed by atoms with Gasteiger partial charge in [-0.3, -0.25) is 0 Å². The van der Waals surface area contributed by atoms with Gasteiger partial charge < -0.3 is 10.5 Å². The van der Waals surface area contributed by atoms with Gasteiger partial charge in [0.15, 0.2) is 0 Å². The second-order valence-corrected chi connectivity index (χ2v) is 4.29. The number of para-hydroxylation sites is 1. The van der Waals surface area contributed by atoms with E-state index < -0.39 is 0 Å². The fourth-order valence-corrected chi connectivity index (χ4v) is 1.69. The molecule has 2 nitrogen and oxygen atoms in total. The average Bonchev–Trinajstić information content (AvgIpc) is 2.28. The van der Waals surface area contributed by atoms with Gasteiger partial charge in [-0.25, -0.2) is 0 Å². The van der Waals surface area contributed by atoms with E-state index in [1.165, 1.54) is 11.1 Å². The first kappa shape index (κ1) is 13.0. The highest BCUT2D eigenvalue weighted by Gasteiger charge is 2.08. The molecule has 0 radical (unpaired) electrons. The predicted molar refractivity (Wildman–Crippen MR) is 68.9 cm³/mol. The SMILES string of the molecule is CCCc1cccc(C)c1OCC(N)CC. The highest BCUT2D eigenvalue weighted by atomic mass is 16.5. The van der Waals surface area contributed by atoms with Crippen molar-refractivity contribution in [2.45, 2.75) is 46.1 Å². The summed E-state index contributed by atoms with van der Waals surface area (Å²) < 4.78 is 5.85. The van der Waals surface area contributed by atoms with Gasteiger partial charge in [0.2, 0.25) is 0 Å². The number of hydrogen-bond donors (Lipinski definition) is 1. The molecule has 1 aromatic rings. The van der Waals surface area contributed by atoms with Crippen molar-refractivity contribution in [3.8, 4) is 5.75 Å². The van der Waals surface area contributed by atoms with Crippen molar-refractivity contribution < 1.29 is 4.74 Å². The largest absolute Gasteiger partial charge is 0.491 e. The van der Waals surface area contributed by atoms with Crippen LogP contribution in [0.5, 0.6) is 5.75 Å². The van der Waals surface area contributed by atoms with E-state index in [1.54, 1.807) is 0 Å². The average molecular weight is 221 g/mol. The third-order valence-corrected chi connectivity index (χ3v) is 2.78. The molecule has 0 spiro atoms. The topological polar surface area (TPSA) is 35.2 Å². The third-order valence-electron chi connectivity index (χ3n) is 2.78. The molecule has 2 heteroatoms. The van der Waals surface area contributed by atoms with Gasteiger partial charge in [0.1, 0.15) is 12.4 Å². The minimum atomic E-state index is 0.133. The van der Waals surface area contributed by atoms with Crippen molar-refractivity contribution in [2.24, 2.45) is 5.73 Å². The molecule has 1 rings (SSSR count). The van der Waals surface area contributed by atoms with Crippen LogP contribution in [0.4, 0.5) is 0 Å². The summed E-state index contributed by atoms with van der Waals surface area (Å²) in [6.45, 7) is 6.97. The lowest BCUT2D eigenvalue weighted by Gasteiger charge is -2.16. The monoisotopic (exact) mass is 221 g/mol. The fraction of sp³-hybridized carbons (Fsp3) is 0.571. The number of ether oxygens (including phenoxy) is 1. The Bertz CT molecular complexity index is 323. The summed E-state index contributed by atoms with van der Waals surface area (Å²) in [5.74, 6) is 1.04. The van der Waals surface area contributed by atoms with Crippen LogP contribution < -0.4 is 10.5 Å². The van der Waals surface area contributed by atoms with Gasteiger partial charge in [-0.2, -0.15) is 0 Å². The van der Waals surface area contributed by atoms with Gasteiger partial charge in [0.25, 0.3) is 0 Å². The number of hydrogen-bond acceptors (Lipinski definition) is 2. The Hall–Kier alpha value is -1.02. The quantitative estimate of drug-likeness (QED) is 0.801. The van der Waals surface area contributed by atoms with E-state index in [0.29, 0.717) is 6.61 Å². The third kappa shape index (κ3) is 3.53. The smallest absolute Gasteiger partial charge is 0.125 e. The molecule has 0 aromatic heterocycles. The van der Waals surface area contributed by atoms with Crippen LogP contribution in [0.1, 0.15) is 37.8 Å². The Labute approximate surface area is 98.8 Å². The summed E-state index contributed by atoms with van der Waals surface area (Å²) in [7, 11) is 0. The zero-order valence-electron chi connectivity index (χ0n) is 10.6. The van der Waals surface area contributed by atoms with Crippen molar-refractivity contribution in [3.63, 3.8) is 0 Å². The van der Waals surface area contributed by atoms with Gasteiger partial charge in [0.05, 0.1) is 0 Å². The number of benzene rings is 1. The zero-order valence-corrected chi connectivity index (χ0v) is 10.6. The molecule has 0 amide bonds. The van der Waals surface area contributed by atoms with E-state index in [0.717, 1.165) is 25.0 Å². The summed E-state index contributed by atoms with van der Waals surface area (Å²) in [4.78, 5) is 0. The van der Waals surface area contributed by atoms with Crippen LogP contribution in [0.3, 0.4) is 0 Å². The lowest BCUT2D eigenvalue weighted by atomic mass is 10.1. The lowest BCUT2D eigenvalue weighted by Crippen LogP contribution is -2.27. The predicted octanol–water partition coefficient (Wildman–Crippen LogP) is 3.06. The van der Waals surface area contributed by atoms with E-state index in [-0.39, 0.29) is 6.04 Å². The number of rotatable bonds is 6. The van der Waals surface area contributed by atoms with Gasteiger partial charge in [-0.1, -0.05) is 38.5 Å². The van der Waals surface area contributed by atoms with Gasteiger partial charge in [0, 0.05) is 6.04 Å². The summed E-state index contributed by atoms with van der Waals surface area (Å²) >= 11 is 0. The summed E-state index contributed by atoms with van der Waals surface area (Å²) in [6, 6.07) is 6.46. The van der Waals surface area contributed by atoms with Crippen molar-refractivity contribution in [1.29, 1.82) is 0 Å². The van der Waals surface area contributed by atoms with Gasteiger partial charge in [-0.15, -0.1) is 0 Å². The maximum absolute atomic E-state index is 5.87. The molecular weight excluding hydrogens is 198 g/mol. The molecule has 2 N–H and O–H groups in total. The molecule has 0 aliphatic rings. The second kappa shape index (κ2) is 6.54. The van der Waals surface area contributed by atoms with Crippen molar-refractivity contribution in [2.75, 3.05) is 6.61 Å². The summed E-state index contributed by atoms with van der Waals surface area (Å²) in [5, 5.41) is 0.